The third-order valence-corrected chi connectivity index (χ3v) is 2.94. The number of aromatic nitrogens is 1. The van der Waals surface area contributed by atoms with E-state index in [0.717, 1.165) is 23.0 Å². The van der Waals surface area contributed by atoms with E-state index in [1.165, 1.54) is 0 Å². The topological polar surface area (TPSA) is 62.5 Å². The maximum Gasteiger partial charge on any atom is 0.337 e. The quantitative estimate of drug-likeness (QED) is 0.853. The fraction of sp³-hybridized carbons (Fsp3) is 0.308. The molecule has 0 aliphatic rings. The van der Waals surface area contributed by atoms with Gasteiger partial charge in [-0.3, -0.25) is 0 Å². The summed E-state index contributed by atoms with van der Waals surface area (Å²) in [5, 5.41) is 19.3. The van der Waals surface area contributed by atoms with Gasteiger partial charge in [-0.2, -0.15) is 0 Å². The molecule has 0 saturated heterocycles. The van der Waals surface area contributed by atoms with Crippen molar-refractivity contribution in [3.05, 3.63) is 35.5 Å². The smallest absolute Gasteiger partial charge is 0.337 e. The van der Waals surface area contributed by atoms with Crippen molar-refractivity contribution in [1.82, 2.24) is 4.57 Å². The molecule has 1 unspecified atom stereocenters. The number of aliphatic carboxylic acids is 1. The minimum Gasteiger partial charge on any atom is -0.479 e. The van der Waals surface area contributed by atoms with Crippen LogP contribution in [0.4, 0.5) is 0 Å². The van der Waals surface area contributed by atoms with Crippen LogP contribution in [0.5, 0.6) is 0 Å². The number of carboxylic acids is 1. The second kappa shape index (κ2) is 4.22. The Kier molecular flexibility index (Phi) is 2.90. The highest BCUT2D eigenvalue weighted by molar-refractivity contribution is 5.89. The third-order valence-electron chi connectivity index (χ3n) is 2.94. The van der Waals surface area contributed by atoms with Crippen molar-refractivity contribution in [2.75, 3.05) is 0 Å². The number of fused-ring (bicyclic) bond motifs is 1. The molecule has 0 aliphatic heterocycles. The first kappa shape index (κ1) is 11.7. The molecule has 2 aromatic rings. The molecule has 4 heteroatoms. The van der Waals surface area contributed by atoms with Crippen molar-refractivity contribution in [3.8, 4) is 0 Å². The van der Waals surface area contributed by atoms with Crippen LogP contribution >= 0.6 is 0 Å². The summed E-state index contributed by atoms with van der Waals surface area (Å²) in [6.45, 7) is 4.71. The molecule has 0 saturated carbocycles. The number of carboxylic acid groups (broad SMARTS) is 1. The molecule has 0 radical (unpaired) electrons. The summed E-state index contributed by atoms with van der Waals surface area (Å²) in [4.78, 5) is 10.8. The van der Waals surface area contributed by atoms with Gasteiger partial charge in [0.1, 0.15) is 0 Å². The molecule has 1 atom stereocenters. The minimum absolute atomic E-state index is 0.453. The number of hydrogen-bond donors (Lipinski definition) is 2. The van der Waals surface area contributed by atoms with Crippen molar-refractivity contribution in [1.29, 1.82) is 0 Å². The molecule has 1 heterocycles. The van der Waals surface area contributed by atoms with Gasteiger partial charge in [0.2, 0.25) is 0 Å². The summed E-state index contributed by atoms with van der Waals surface area (Å²) < 4.78 is 1.95. The molecule has 2 rings (SSSR count). The number of nitrogens with zero attached hydrogens (tertiary/aromatic N) is 1. The summed E-state index contributed by atoms with van der Waals surface area (Å²) in [5.74, 6) is -1.22. The Morgan fingerprint density at radius 2 is 2.18 bits per heavy atom. The van der Waals surface area contributed by atoms with Gasteiger partial charge >= 0.3 is 5.97 Å². The third kappa shape index (κ3) is 1.91. The Bertz CT molecular complexity index is 571. The van der Waals surface area contributed by atoms with Gasteiger partial charge in [-0.1, -0.05) is 12.1 Å². The zero-order valence-corrected chi connectivity index (χ0v) is 9.84. The number of carbonyl (C=O) groups is 1. The average Bonchev–Trinajstić information content (AvgIpc) is 2.65. The van der Waals surface area contributed by atoms with Gasteiger partial charge in [0, 0.05) is 29.2 Å². The number of rotatable bonds is 3. The highest BCUT2D eigenvalue weighted by Crippen LogP contribution is 2.27. The average molecular weight is 233 g/mol. The monoisotopic (exact) mass is 233 g/mol. The second-order valence-electron chi connectivity index (χ2n) is 4.13. The van der Waals surface area contributed by atoms with Crippen molar-refractivity contribution >= 4 is 16.9 Å². The van der Waals surface area contributed by atoms with Gasteiger partial charge < -0.3 is 14.8 Å². The lowest BCUT2D eigenvalue weighted by molar-refractivity contribution is -0.146. The Hall–Kier alpha value is -1.81. The fourth-order valence-electron chi connectivity index (χ4n) is 2.04. The standard InChI is InChI=1S/C13H15NO3/c1-3-14-7-10(12(15)13(16)17)9-5-4-8(2)6-11(9)14/h4-7,12,15H,3H2,1-2H3,(H,16,17). The summed E-state index contributed by atoms with van der Waals surface area (Å²) in [5.41, 5.74) is 2.53. The molecular weight excluding hydrogens is 218 g/mol. The number of aryl methyl sites for hydroxylation is 2. The van der Waals surface area contributed by atoms with Gasteiger partial charge in [-0.05, 0) is 25.5 Å². The van der Waals surface area contributed by atoms with E-state index in [4.69, 9.17) is 5.11 Å². The molecule has 1 aromatic heterocycles. The van der Waals surface area contributed by atoms with Crippen LogP contribution < -0.4 is 0 Å². The Morgan fingerprint density at radius 3 is 2.76 bits per heavy atom. The van der Waals surface area contributed by atoms with Gasteiger partial charge in [0.05, 0.1) is 0 Å². The fourth-order valence-corrected chi connectivity index (χ4v) is 2.04. The van der Waals surface area contributed by atoms with Crippen molar-refractivity contribution in [2.45, 2.75) is 26.5 Å². The molecule has 4 nitrogen and oxygen atoms in total. The summed E-state index contributed by atoms with van der Waals surface area (Å²) in [6, 6.07) is 5.77. The normalized spacial score (nSPS) is 12.9. The largest absolute Gasteiger partial charge is 0.479 e. The molecule has 0 aliphatic carbocycles. The van der Waals surface area contributed by atoms with Crippen LogP contribution in [-0.2, 0) is 11.3 Å². The van der Waals surface area contributed by atoms with E-state index in [0.29, 0.717) is 5.56 Å². The maximum atomic E-state index is 10.8. The molecule has 1 aromatic carbocycles. The summed E-state index contributed by atoms with van der Waals surface area (Å²) >= 11 is 0. The Labute approximate surface area is 99.1 Å². The molecule has 0 amide bonds. The highest BCUT2D eigenvalue weighted by atomic mass is 16.4. The van der Waals surface area contributed by atoms with E-state index in [1.54, 1.807) is 6.20 Å². The van der Waals surface area contributed by atoms with Crippen LogP contribution in [-0.4, -0.2) is 20.7 Å². The van der Waals surface area contributed by atoms with Crippen LogP contribution in [0.25, 0.3) is 10.9 Å². The Morgan fingerprint density at radius 1 is 1.47 bits per heavy atom. The maximum absolute atomic E-state index is 10.8. The van der Waals surface area contributed by atoms with E-state index in [1.807, 2.05) is 36.6 Å². The van der Waals surface area contributed by atoms with Crippen LogP contribution in [0.3, 0.4) is 0 Å². The van der Waals surface area contributed by atoms with Gasteiger partial charge in [-0.25, -0.2) is 4.79 Å². The summed E-state index contributed by atoms with van der Waals surface area (Å²) in [6.07, 6.45) is 0.246. The van der Waals surface area contributed by atoms with Crippen LogP contribution in [0, 0.1) is 6.92 Å². The van der Waals surface area contributed by atoms with E-state index >= 15 is 0 Å². The summed E-state index contributed by atoms with van der Waals surface area (Å²) in [7, 11) is 0. The zero-order valence-electron chi connectivity index (χ0n) is 9.84. The first-order chi connectivity index (χ1) is 8.04. The van der Waals surface area contributed by atoms with Gasteiger partial charge in [0.15, 0.2) is 6.10 Å². The molecule has 0 fully saturated rings. The van der Waals surface area contributed by atoms with E-state index < -0.39 is 12.1 Å². The van der Waals surface area contributed by atoms with Crippen molar-refractivity contribution in [3.63, 3.8) is 0 Å². The van der Waals surface area contributed by atoms with E-state index in [-0.39, 0.29) is 0 Å². The minimum atomic E-state index is -1.46. The molecule has 90 valence electrons. The zero-order chi connectivity index (χ0) is 12.6. The lowest BCUT2D eigenvalue weighted by Crippen LogP contribution is -2.09. The lowest BCUT2D eigenvalue weighted by Gasteiger charge is -2.03. The van der Waals surface area contributed by atoms with Crippen LogP contribution in [0.1, 0.15) is 24.2 Å². The van der Waals surface area contributed by atoms with E-state index in [2.05, 4.69) is 0 Å². The number of benzene rings is 1. The van der Waals surface area contributed by atoms with E-state index in [9.17, 15) is 9.90 Å². The molecular formula is C13H15NO3. The molecule has 0 bridgehead atoms. The SMILES string of the molecule is CCn1cc(C(O)C(=O)O)c2ccc(C)cc21. The van der Waals surface area contributed by atoms with Gasteiger partial charge in [0.25, 0.3) is 0 Å². The van der Waals surface area contributed by atoms with Gasteiger partial charge in [-0.15, -0.1) is 0 Å². The first-order valence-corrected chi connectivity index (χ1v) is 5.55. The number of aliphatic hydroxyl groups is 1. The molecule has 17 heavy (non-hydrogen) atoms. The highest BCUT2D eigenvalue weighted by Gasteiger charge is 2.21. The van der Waals surface area contributed by atoms with Crippen LogP contribution in [0.15, 0.2) is 24.4 Å². The second-order valence-corrected chi connectivity index (χ2v) is 4.13. The van der Waals surface area contributed by atoms with Crippen molar-refractivity contribution in [2.24, 2.45) is 0 Å². The molecule has 2 N–H and O–H groups in total. The number of aliphatic hydroxyl groups excluding tert-OH is 1. The molecule has 0 spiro atoms. The number of hydrogen-bond acceptors (Lipinski definition) is 2. The lowest BCUT2D eigenvalue weighted by atomic mass is 10.1. The first-order valence-electron chi connectivity index (χ1n) is 5.55. The predicted octanol–water partition coefficient (Wildman–Crippen LogP) is 2.09. The van der Waals surface area contributed by atoms with Crippen LogP contribution in [0.2, 0.25) is 0 Å². The predicted molar refractivity (Wildman–Crippen MR) is 64.9 cm³/mol. The Balaban J connectivity index is 2.69. The van der Waals surface area contributed by atoms with Crippen molar-refractivity contribution < 1.29 is 15.0 Å².